The fourth-order valence-electron chi connectivity index (χ4n) is 4.90. The quantitative estimate of drug-likeness (QED) is 0.312. The number of benzene rings is 3. The molecular weight excluding hydrogens is 599 g/mol. The van der Waals surface area contributed by atoms with E-state index >= 15 is 0 Å². The molecule has 4 aromatic rings. The second-order valence-electron chi connectivity index (χ2n) is 9.98. The average Bonchev–Trinajstić information content (AvgIpc) is 3.03. The number of nitrogens with one attached hydrogen (secondary N) is 2. The summed E-state index contributed by atoms with van der Waals surface area (Å²) in [6.07, 6.45) is -3.06. The standard InChI is InChI=1S/C30H28F3N5O5S/c1-43-24-8-2-5-20(17-24)18-35-28(39)25-19-37(29(40)36-23-12-10-22(11-13-23)30(31,32)33)15-16-38(25)44(41,42)26-9-3-6-21-7-4-14-34-27(21)26/h2-14,17,25H,15-16,18-19H2,1H3,(H,35,39)(H,36,40). The summed E-state index contributed by atoms with van der Waals surface area (Å²) in [5.74, 6) is -0.0650. The summed E-state index contributed by atoms with van der Waals surface area (Å²) in [6.45, 7) is -0.547. The van der Waals surface area contributed by atoms with Crippen LogP contribution in [0.3, 0.4) is 0 Å². The van der Waals surface area contributed by atoms with Crippen molar-refractivity contribution in [2.24, 2.45) is 0 Å². The zero-order chi connectivity index (χ0) is 31.5. The Hall–Kier alpha value is -4.69. The monoisotopic (exact) mass is 627 g/mol. The predicted octanol–water partition coefficient (Wildman–Crippen LogP) is 4.49. The molecule has 1 unspecified atom stereocenters. The van der Waals surface area contributed by atoms with Gasteiger partial charge in [0.25, 0.3) is 0 Å². The average molecular weight is 628 g/mol. The molecular formula is C30H28F3N5O5S. The van der Waals surface area contributed by atoms with Gasteiger partial charge in [0.05, 0.1) is 18.2 Å². The maximum Gasteiger partial charge on any atom is 0.416 e. The van der Waals surface area contributed by atoms with E-state index in [0.29, 0.717) is 16.7 Å². The van der Waals surface area contributed by atoms with Crippen LogP contribution in [0.2, 0.25) is 0 Å². The van der Waals surface area contributed by atoms with E-state index in [4.69, 9.17) is 4.74 Å². The van der Waals surface area contributed by atoms with E-state index in [1.54, 1.807) is 48.5 Å². The van der Waals surface area contributed by atoms with E-state index in [0.717, 1.165) is 28.6 Å². The Kier molecular flexibility index (Phi) is 8.74. The van der Waals surface area contributed by atoms with Crippen molar-refractivity contribution in [3.05, 3.63) is 96.2 Å². The van der Waals surface area contributed by atoms with E-state index < -0.39 is 39.7 Å². The molecule has 14 heteroatoms. The number of methoxy groups -OCH3 is 1. The first kappa shape index (κ1) is 30.8. The molecule has 1 saturated heterocycles. The van der Waals surface area contributed by atoms with Gasteiger partial charge in [-0.05, 0) is 54.1 Å². The minimum atomic E-state index is -4.53. The number of halogens is 3. The molecule has 5 rings (SSSR count). The number of carbonyl (C=O) groups is 2. The lowest BCUT2D eigenvalue weighted by Crippen LogP contribution is -2.61. The van der Waals surface area contributed by atoms with E-state index in [1.807, 2.05) is 0 Å². The second-order valence-corrected chi connectivity index (χ2v) is 11.8. The van der Waals surface area contributed by atoms with Gasteiger partial charge in [0.2, 0.25) is 15.9 Å². The number of amides is 3. The Balaban J connectivity index is 1.40. The normalized spacial score (nSPS) is 16.0. The molecule has 3 amide bonds. The van der Waals surface area contributed by atoms with E-state index in [9.17, 15) is 31.2 Å². The zero-order valence-corrected chi connectivity index (χ0v) is 24.2. The van der Waals surface area contributed by atoms with Crippen LogP contribution in [-0.2, 0) is 27.5 Å². The minimum Gasteiger partial charge on any atom is -0.497 e. The molecule has 0 radical (unpaired) electrons. The van der Waals surface area contributed by atoms with Gasteiger partial charge in [-0.3, -0.25) is 9.78 Å². The summed E-state index contributed by atoms with van der Waals surface area (Å²) in [4.78, 5) is 32.2. The molecule has 0 spiro atoms. The van der Waals surface area contributed by atoms with Gasteiger partial charge in [-0.15, -0.1) is 0 Å². The molecule has 3 aromatic carbocycles. The molecule has 2 heterocycles. The second kappa shape index (κ2) is 12.5. The number of rotatable bonds is 7. The molecule has 230 valence electrons. The third-order valence-corrected chi connectivity index (χ3v) is 9.11. The van der Waals surface area contributed by atoms with Crippen molar-refractivity contribution in [3.8, 4) is 5.75 Å². The molecule has 0 aliphatic carbocycles. The highest BCUT2D eigenvalue weighted by Crippen LogP contribution is 2.30. The Morgan fingerprint density at radius 3 is 2.45 bits per heavy atom. The number of piperazine rings is 1. The van der Waals surface area contributed by atoms with E-state index in [1.165, 1.54) is 24.3 Å². The lowest BCUT2D eigenvalue weighted by Gasteiger charge is -2.39. The van der Waals surface area contributed by atoms with Crippen LogP contribution in [0, 0.1) is 0 Å². The van der Waals surface area contributed by atoms with Crippen LogP contribution >= 0.6 is 0 Å². The number of anilines is 1. The largest absolute Gasteiger partial charge is 0.497 e. The topological polar surface area (TPSA) is 121 Å². The van der Waals surface area contributed by atoms with Crippen LogP contribution in [0.15, 0.2) is 90.0 Å². The van der Waals surface area contributed by atoms with Crippen LogP contribution in [-0.4, -0.2) is 67.3 Å². The molecule has 0 saturated carbocycles. The molecule has 10 nitrogen and oxygen atoms in total. The SMILES string of the molecule is COc1cccc(CNC(=O)C2CN(C(=O)Nc3ccc(C(F)(F)F)cc3)CCN2S(=O)(=O)c2cccc3cccnc23)c1. The first-order chi connectivity index (χ1) is 21.0. The van der Waals surface area contributed by atoms with Crippen molar-refractivity contribution in [1.82, 2.24) is 19.5 Å². The van der Waals surface area contributed by atoms with Crippen LogP contribution < -0.4 is 15.4 Å². The molecule has 1 aliphatic rings. The molecule has 2 N–H and O–H groups in total. The van der Waals surface area contributed by atoms with Crippen LogP contribution in [0.1, 0.15) is 11.1 Å². The maximum atomic E-state index is 14.0. The highest BCUT2D eigenvalue weighted by Gasteiger charge is 2.42. The number of pyridine rings is 1. The minimum absolute atomic E-state index is 0.0635. The highest BCUT2D eigenvalue weighted by molar-refractivity contribution is 7.89. The van der Waals surface area contributed by atoms with Gasteiger partial charge < -0.3 is 20.3 Å². The van der Waals surface area contributed by atoms with Crippen molar-refractivity contribution in [2.45, 2.75) is 23.7 Å². The summed E-state index contributed by atoms with van der Waals surface area (Å²) in [7, 11) is -2.77. The van der Waals surface area contributed by atoms with Crippen LogP contribution in [0.5, 0.6) is 5.75 Å². The Labute approximate surface area is 251 Å². The summed E-state index contributed by atoms with van der Waals surface area (Å²) >= 11 is 0. The number of urea groups is 1. The van der Waals surface area contributed by atoms with Gasteiger partial charge in [-0.25, -0.2) is 13.2 Å². The number of para-hydroxylation sites is 1. The van der Waals surface area contributed by atoms with Gasteiger partial charge in [0, 0.05) is 43.4 Å². The number of fused-ring (bicyclic) bond motifs is 1. The number of hydrogen-bond acceptors (Lipinski definition) is 6. The van der Waals surface area contributed by atoms with Gasteiger partial charge in [0.1, 0.15) is 16.7 Å². The fourth-order valence-corrected chi connectivity index (χ4v) is 6.63. The summed E-state index contributed by atoms with van der Waals surface area (Å²) in [5.41, 5.74) is 0.190. The first-order valence-corrected chi connectivity index (χ1v) is 14.9. The number of sulfonamides is 1. The Bertz CT molecular complexity index is 1780. The lowest BCUT2D eigenvalue weighted by molar-refractivity contribution is -0.137. The molecule has 44 heavy (non-hydrogen) atoms. The number of hydrogen-bond donors (Lipinski definition) is 2. The van der Waals surface area contributed by atoms with Crippen molar-refractivity contribution in [1.29, 1.82) is 0 Å². The summed E-state index contributed by atoms with van der Waals surface area (Å²) in [5, 5.41) is 5.88. The van der Waals surface area contributed by atoms with Crippen molar-refractivity contribution < 1.29 is 35.9 Å². The van der Waals surface area contributed by atoms with Gasteiger partial charge in [-0.2, -0.15) is 17.5 Å². The van der Waals surface area contributed by atoms with Gasteiger partial charge in [-0.1, -0.05) is 30.3 Å². The van der Waals surface area contributed by atoms with Crippen molar-refractivity contribution in [3.63, 3.8) is 0 Å². The number of ether oxygens (including phenoxy) is 1. The van der Waals surface area contributed by atoms with Crippen LogP contribution in [0.4, 0.5) is 23.7 Å². The molecule has 0 bridgehead atoms. The summed E-state index contributed by atoms with van der Waals surface area (Å²) < 4.78 is 73.2. The van der Waals surface area contributed by atoms with Gasteiger partial charge >= 0.3 is 12.2 Å². The van der Waals surface area contributed by atoms with E-state index in [-0.39, 0.29) is 42.3 Å². The smallest absolute Gasteiger partial charge is 0.416 e. The maximum absolute atomic E-state index is 14.0. The molecule has 1 atom stereocenters. The van der Waals surface area contributed by atoms with Gasteiger partial charge in [0.15, 0.2) is 0 Å². The molecule has 1 aliphatic heterocycles. The fraction of sp³-hybridized carbons (Fsp3) is 0.233. The predicted molar refractivity (Wildman–Crippen MR) is 156 cm³/mol. The molecule has 1 fully saturated rings. The number of carbonyl (C=O) groups excluding carboxylic acids is 2. The zero-order valence-electron chi connectivity index (χ0n) is 23.4. The third-order valence-electron chi connectivity index (χ3n) is 7.17. The van der Waals surface area contributed by atoms with Crippen molar-refractivity contribution >= 4 is 38.6 Å². The number of aromatic nitrogens is 1. The lowest BCUT2D eigenvalue weighted by atomic mass is 10.1. The summed E-state index contributed by atoms with van der Waals surface area (Å²) in [6, 6.07) is 17.0. The number of alkyl halides is 3. The van der Waals surface area contributed by atoms with Crippen LogP contribution in [0.25, 0.3) is 10.9 Å². The van der Waals surface area contributed by atoms with E-state index in [2.05, 4.69) is 15.6 Å². The third kappa shape index (κ3) is 6.60. The first-order valence-electron chi connectivity index (χ1n) is 13.5. The molecule has 1 aromatic heterocycles. The highest BCUT2D eigenvalue weighted by atomic mass is 32.2. The Morgan fingerprint density at radius 1 is 1.00 bits per heavy atom. The Morgan fingerprint density at radius 2 is 1.73 bits per heavy atom. The van der Waals surface area contributed by atoms with Crippen molar-refractivity contribution in [2.75, 3.05) is 32.1 Å². The number of nitrogens with zero attached hydrogens (tertiary/aromatic N) is 3.